The molecule has 2 aromatic rings. The molecule has 9 heteroatoms. The van der Waals surface area contributed by atoms with Crippen LogP contribution < -0.4 is 4.72 Å². The van der Waals surface area contributed by atoms with Gasteiger partial charge in [0.25, 0.3) is 15.9 Å². The Morgan fingerprint density at radius 1 is 1.05 bits per heavy atom. The van der Waals surface area contributed by atoms with Gasteiger partial charge in [-0.2, -0.15) is 0 Å². The molecule has 0 saturated heterocycles. The van der Waals surface area contributed by atoms with Crippen LogP contribution in [0.4, 0.5) is 8.78 Å². The van der Waals surface area contributed by atoms with E-state index in [2.05, 4.69) is 0 Å². The summed E-state index contributed by atoms with van der Waals surface area (Å²) in [6.07, 6.45) is 0. The number of rotatable bonds is 3. The highest BCUT2D eigenvalue weighted by Gasteiger charge is 2.24. The molecule has 116 valence electrons. The van der Waals surface area contributed by atoms with Crippen LogP contribution in [0.3, 0.4) is 0 Å². The lowest BCUT2D eigenvalue weighted by Crippen LogP contribution is -2.31. The number of carbonyl (C=O) groups excluding carboxylic acids is 1. The van der Waals surface area contributed by atoms with Crippen molar-refractivity contribution in [2.24, 2.45) is 0 Å². The molecule has 0 fully saturated rings. The summed E-state index contributed by atoms with van der Waals surface area (Å²) in [7, 11) is -4.53. The second kappa shape index (κ2) is 6.20. The third kappa shape index (κ3) is 3.55. The van der Waals surface area contributed by atoms with E-state index in [1.165, 1.54) is 12.1 Å². The zero-order valence-corrected chi connectivity index (χ0v) is 12.9. The van der Waals surface area contributed by atoms with Gasteiger partial charge in [-0.1, -0.05) is 23.2 Å². The van der Waals surface area contributed by atoms with E-state index in [1.54, 1.807) is 4.72 Å². The number of hydrogen-bond donors (Lipinski definition) is 1. The Bertz CT molecular complexity index is 856. The molecular weight excluding hydrogens is 359 g/mol. The summed E-state index contributed by atoms with van der Waals surface area (Å²) in [4.78, 5) is 11.1. The second-order valence-electron chi connectivity index (χ2n) is 4.13. The lowest BCUT2D eigenvalue weighted by atomic mass is 10.2. The average Bonchev–Trinajstić information content (AvgIpc) is 2.40. The first kappa shape index (κ1) is 16.7. The van der Waals surface area contributed by atoms with Crippen LogP contribution in [0.1, 0.15) is 10.4 Å². The Balaban J connectivity index is 2.36. The predicted octanol–water partition coefficient (Wildman–Crippen LogP) is 3.39. The van der Waals surface area contributed by atoms with Gasteiger partial charge in [-0.15, -0.1) is 0 Å². The van der Waals surface area contributed by atoms with Crippen molar-refractivity contribution < 1.29 is 22.0 Å². The van der Waals surface area contributed by atoms with E-state index < -0.39 is 32.5 Å². The highest BCUT2D eigenvalue weighted by atomic mass is 35.5. The van der Waals surface area contributed by atoms with Gasteiger partial charge in [-0.3, -0.25) is 4.79 Å². The predicted molar refractivity (Wildman–Crippen MR) is 77.5 cm³/mol. The summed E-state index contributed by atoms with van der Waals surface area (Å²) in [5.41, 5.74) is -0.194. The maximum absolute atomic E-state index is 13.5. The minimum Gasteiger partial charge on any atom is -0.268 e. The lowest BCUT2D eigenvalue weighted by Gasteiger charge is -2.09. The van der Waals surface area contributed by atoms with Crippen molar-refractivity contribution in [3.8, 4) is 0 Å². The van der Waals surface area contributed by atoms with Gasteiger partial charge in [0.05, 0.1) is 10.6 Å². The zero-order valence-electron chi connectivity index (χ0n) is 10.6. The average molecular weight is 366 g/mol. The maximum Gasteiger partial charge on any atom is 0.267 e. The van der Waals surface area contributed by atoms with Crippen molar-refractivity contribution in [3.05, 3.63) is 63.6 Å². The smallest absolute Gasteiger partial charge is 0.267 e. The zero-order chi connectivity index (χ0) is 16.5. The van der Waals surface area contributed by atoms with Gasteiger partial charge in [-0.25, -0.2) is 21.9 Å². The number of nitrogens with one attached hydrogen (secondary N) is 1. The van der Waals surface area contributed by atoms with E-state index in [9.17, 15) is 22.0 Å². The summed E-state index contributed by atoms with van der Waals surface area (Å²) in [6, 6.07) is 5.74. The molecule has 0 bridgehead atoms. The Morgan fingerprint density at radius 3 is 2.36 bits per heavy atom. The molecule has 2 rings (SSSR count). The molecule has 0 unspecified atom stereocenters. The van der Waals surface area contributed by atoms with Crippen molar-refractivity contribution in [2.75, 3.05) is 0 Å². The molecule has 22 heavy (non-hydrogen) atoms. The van der Waals surface area contributed by atoms with Crippen LogP contribution in [0.15, 0.2) is 41.3 Å². The van der Waals surface area contributed by atoms with Crippen molar-refractivity contribution >= 4 is 39.1 Å². The quantitative estimate of drug-likeness (QED) is 0.906. The molecule has 0 aliphatic heterocycles. The number of carbonyl (C=O) groups is 1. The largest absolute Gasteiger partial charge is 0.268 e. The Hall–Kier alpha value is -1.70. The molecule has 0 aromatic heterocycles. The third-order valence-electron chi connectivity index (χ3n) is 2.58. The van der Waals surface area contributed by atoms with Crippen LogP contribution in [0.2, 0.25) is 10.0 Å². The highest BCUT2D eigenvalue weighted by molar-refractivity contribution is 7.90. The molecule has 0 atom stereocenters. The fourth-order valence-corrected chi connectivity index (χ4v) is 3.00. The molecule has 0 saturated carbocycles. The lowest BCUT2D eigenvalue weighted by molar-refractivity contribution is 0.0981. The first-order chi connectivity index (χ1) is 10.2. The van der Waals surface area contributed by atoms with Gasteiger partial charge in [0.15, 0.2) is 0 Å². The summed E-state index contributed by atoms with van der Waals surface area (Å²) in [5.74, 6) is -3.35. The van der Waals surface area contributed by atoms with E-state index in [0.717, 1.165) is 12.1 Å². The molecule has 0 aliphatic carbocycles. The summed E-state index contributed by atoms with van der Waals surface area (Å²) >= 11 is 11.5. The van der Waals surface area contributed by atoms with E-state index in [-0.39, 0.29) is 15.6 Å². The number of benzene rings is 2. The van der Waals surface area contributed by atoms with Gasteiger partial charge in [0.2, 0.25) is 0 Å². The van der Waals surface area contributed by atoms with Crippen LogP contribution in [-0.4, -0.2) is 14.3 Å². The summed E-state index contributed by atoms with van der Waals surface area (Å²) < 4.78 is 51.9. The molecule has 0 aliphatic rings. The van der Waals surface area contributed by atoms with E-state index in [1.807, 2.05) is 0 Å². The molecule has 1 amide bonds. The summed E-state index contributed by atoms with van der Waals surface area (Å²) in [5, 5.41) is 0.136. The van der Waals surface area contributed by atoms with Gasteiger partial charge >= 0.3 is 0 Å². The molecule has 4 nitrogen and oxygen atoms in total. The standard InChI is InChI=1S/C13H7Cl2F2NO3S/c14-7-1-3-10(15)9(5-7)13(19)18-22(20,21)12-4-2-8(16)6-11(12)17/h1-6H,(H,18,19). The van der Waals surface area contributed by atoms with Gasteiger partial charge < -0.3 is 0 Å². The molecule has 0 radical (unpaired) electrons. The molecule has 0 heterocycles. The fraction of sp³-hybridized carbons (Fsp3) is 0. The van der Waals surface area contributed by atoms with Crippen molar-refractivity contribution in [3.63, 3.8) is 0 Å². The van der Waals surface area contributed by atoms with E-state index >= 15 is 0 Å². The van der Waals surface area contributed by atoms with Crippen LogP contribution in [-0.2, 0) is 10.0 Å². The van der Waals surface area contributed by atoms with Gasteiger partial charge in [0, 0.05) is 11.1 Å². The van der Waals surface area contributed by atoms with Gasteiger partial charge in [0.1, 0.15) is 16.5 Å². The monoisotopic (exact) mass is 365 g/mol. The first-order valence-electron chi connectivity index (χ1n) is 5.68. The Labute approximate surface area is 134 Å². The minimum absolute atomic E-state index is 0.0309. The van der Waals surface area contributed by atoms with E-state index in [0.29, 0.717) is 12.1 Å². The third-order valence-corrected chi connectivity index (χ3v) is 4.51. The molecule has 2 aromatic carbocycles. The normalized spacial score (nSPS) is 11.3. The van der Waals surface area contributed by atoms with Crippen molar-refractivity contribution in [2.45, 2.75) is 4.90 Å². The number of halogens is 4. The summed E-state index contributed by atoms with van der Waals surface area (Å²) in [6.45, 7) is 0. The number of hydrogen-bond acceptors (Lipinski definition) is 3. The number of amides is 1. The van der Waals surface area contributed by atoms with E-state index in [4.69, 9.17) is 23.2 Å². The van der Waals surface area contributed by atoms with Crippen LogP contribution >= 0.6 is 23.2 Å². The Kier molecular flexibility index (Phi) is 4.69. The maximum atomic E-state index is 13.5. The fourth-order valence-electron chi connectivity index (χ4n) is 1.60. The van der Waals surface area contributed by atoms with Crippen LogP contribution in [0.5, 0.6) is 0 Å². The second-order valence-corrected chi connectivity index (χ2v) is 6.63. The van der Waals surface area contributed by atoms with Gasteiger partial charge in [-0.05, 0) is 30.3 Å². The Morgan fingerprint density at radius 2 is 1.73 bits per heavy atom. The van der Waals surface area contributed by atoms with Crippen molar-refractivity contribution in [1.82, 2.24) is 4.72 Å². The van der Waals surface area contributed by atoms with Crippen LogP contribution in [0.25, 0.3) is 0 Å². The minimum atomic E-state index is -4.53. The highest BCUT2D eigenvalue weighted by Crippen LogP contribution is 2.22. The number of sulfonamides is 1. The first-order valence-corrected chi connectivity index (χ1v) is 7.92. The SMILES string of the molecule is O=C(NS(=O)(=O)c1ccc(F)cc1F)c1cc(Cl)ccc1Cl. The van der Waals surface area contributed by atoms with Crippen LogP contribution in [0, 0.1) is 11.6 Å². The molecule has 1 N–H and O–H groups in total. The topological polar surface area (TPSA) is 63.2 Å². The molecule has 0 spiro atoms. The van der Waals surface area contributed by atoms with Crippen molar-refractivity contribution in [1.29, 1.82) is 0 Å². The molecular formula is C13H7Cl2F2NO3S.